The number of thiocarbonyl (C=S) groups is 1. The number of piperazine rings is 1. The molecule has 1 spiro atoms. The Bertz CT molecular complexity index is 1000. The van der Waals surface area contributed by atoms with Crippen LogP contribution < -0.4 is 15.4 Å². The Balaban J connectivity index is 1.31. The lowest BCUT2D eigenvalue weighted by Gasteiger charge is -2.53. The average molecular weight is 495 g/mol. The fourth-order valence-electron chi connectivity index (χ4n) is 5.40. The molecule has 2 aromatic carbocycles. The van der Waals surface area contributed by atoms with E-state index >= 15 is 0 Å². The number of carbonyl (C=O) groups excluding carboxylic acids is 1. The number of carbonyl (C=O) groups is 1. The van der Waals surface area contributed by atoms with Crippen molar-refractivity contribution in [2.45, 2.75) is 57.7 Å². The van der Waals surface area contributed by atoms with Crippen LogP contribution in [0.2, 0.25) is 0 Å². The first-order valence-corrected chi connectivity index (χ1v) is 13.1. The van der Waals surface area contributed by atoms with Gasteiger partial charge in [0.05, 0.1) is 13.7 Å². The number of para-hydroxylation sites is 1. The molecule has 1 aliphatic heterocycles. The summed E-state index contributed by atoms with van der Waals surface area (Å²) >= 11 is 5.74. The van der Waals surface area contributed by atoms with Gasteiger partial charge in [-0.3, -0.25) is 9.69 Å². The molecule has 1 heterocycles. The van der Waals surface area contributed by atoms with Crippen molar-refractivity contribution in [3.63, 3.8) is 0 Å². The summed E-state index contributed by atoms with van der Waals surface area (Å²) in [7, 11) is 1.64. The van der Waals surface area contributed by atoms with Crippen molar-refractivity contribution in [3.8, 4) is 5.75 Å². The first-order chi connectivity index (χ1) is 17.0. The first kappa shape index (κ1) is 25.5. The van der Waals surface area contributed by atoms with Crippen LogP contribution in [0, 0.1) is 6.92 Å². The summed E-state index contributed by atoms with van der Waals surface area (Å²) in [5.74, 6) is 0.696. The van der Waals surface area contributed by atoms with Crippen LogP contribution in [0.4, 0.5) is 0 Å². The van der Waals surface area contributed by atoms with E-state index < -0.39 is 0 Å². The third-order valence-corrected chi connectivity index (χ3v) is 7.83. The number of hydrogen-bond donors (Lipinski definition) is 2. The molecular weight excluding hydrogens is 456 g/mol. The lowest BCUT2D eigenvalue weighted by molar-refractivity contribution is -0.120. The second-order valence-corrected chi connectivity index (χ2v) is 10.2. The number of ether oxygens (including phenoxy) is 1. The summed E-state index contributed by atoms with van der Waals surface area (Å²) in [6, 6.07) is 16.6. The van der Waals surface area contributed by atoms with Gasteiger partial charge >= 0.3 is 0 Å². The highest BCUT2D eigenvalue weighted by molar-refractivity contribution is 7.80. The summed E-state index contributed by atoms with van der Waals surface area (Å²) < 4.78 is 5.36. The molecule has 0 radical (unpaired) electrons. The number of nitrogens with one attached hydrogen (secondary N) is 2. The summed E-state index contributed by atoms with van der Waals surface area (Å²) in [5, 5.41) is 6.84. The predicted octanol–water partition coefficient (Wildman–Crippen LogP) is 4.02. The van der Waals surface area contributed by atoms with Crippen LogP contribution in [0.25, 0.3) is 0 Å². The minimum absolute atomic E-state index is 0.0800. The Labute approximate surface area is 215 Å². The van der Waals surface area contributed by atoms with E-state index in [4.69, 9.17) is 17.0 Å². The van der Waals surface area contributed by atoms with Crippen molar-refractivity contribution in [1.29, 1.82) is 0 Å². The zero-order valence-electron chi connectivity index (χ0n) is 21.0. The molecule has 4 rings (SSSR count). The lowest BCUT2D eigenvalue weighted by atomic mass is 9.78. The summed E-state index contributed by atoms with van der Waals surface area (Å²) in [4.78, 5) is 17.4. The molecule has 35 heavy (non-hydrogen) atoms. The highest BCUT2D eigenvalue weighted by Crippen LogP contribution is 2.37. The van der Waals surface area contributed by atoms with Crippen LogP contribution in [-0.4, -0.2) is 59.6 Å². The normalized spacial score (nSPS) is 17.7. The van der Waals surface area contributed by atoms with Gasteiger partial charge in [-0.25, -0.2) is 0 Å². The van der Waals surface area contributed by atoms with E-state index in [-0.39, 0.29) is 18.0 Å². The Morgan fingerprint density at radius 1 is 1.03 bits per heavy atom. The third kappa shape index (κ3) is 6.53. The minimum Gasteiger partial charge on any atom is -0.496 e. The van der Waals surface area contributed by atoms with Crippen molar-refractivity contribution >= 4 is 23.2 Å². The van der Waals surface area contributed by atoms with Gasteiger partial charge < -0.3 is 20.3 Å². The van der Waals surface area contributed by atoms with Gasteiger partial charge in [0.2, 0.25) is 5.91 Å². The standard InChI is InChI=1S/C28H38N4O2S/c1-22-10-12-23(13-11-22)20-32-17-16-31(21-28(32)14-6-3-7-15-28)27(35)30-19-26(33)29-18-24-8-4-5-9-25(24)34-2/h4-5,8-13H,3,6-7,14-21H2,1-2H3,(H,29,33)(H,30,35). The number of rotatable bonds is 7. The fourth-order valence-corrected chi connectivity index (χ4v) is 5.63. The maximum Gasteiger partial charge on any atom is 0.239 e. The smallest absolute Gasteiger partial charge is 0.239 e. The Morgan fingerprint density at radius 2 is 1.77 bits per heavy atom. The Hall–Kier alpha value is -2.64. The number of nitrogens with zero attached hydrogens (tertiary/aromatic N) is 2. The molecule has 1 saturated carbocycles. The molecule has 2 aliphatic rings. The van der Waals surface area contributed by atoms with Gasteiger partial charge in [0, 0.05) is 43.8 Å². The van der Waals surface area contributed by atoms with Gasteiger partial charge in [-0.2, -0.15) is 0 Å². The molecule has 2 N–H and O–H groups in total. The number of hydrogen-bond acceptors (Lipinski definition) is 4. The van der Waals surface area contributed by atoms with Gasteiger partial charge in [-0.1, -0.05) is 67.3 Å². The van der Waals surface area contributed by atoms with E-state index in [0.29, 0.717) is 11.7 Å². The monoisotopic (exact) mass is 494 g/mol. The molecular formula is C28H38N4O2S. The molecule has 0 aromatic heterocycles. The van der Waals surface area contributed by atoms with Crippen LogP contribution in [0.15, 0.2) is 48.5 Å². The first-order valence-electron chi connectivity index (χ1n) is 12.7. The van der Waals surface area contributed by atoms with E-state index in [1.165, 1.54) is 43.2 Å². The molecule has 0 atom stereocenters. The molecule has 2 fully saturated rings. The van der Waals surface area contributed by atoms with E-state index in [0.717, 1.165) is 37.5 Å². The maximum absolute atomic E-state index is 12.5. The van der Waals surface area contributed by atoms with Crippen molar-refractivity contribution in [2.24, 2.45) is 0 Å². The highest BCUT2D eigenvalue weighted by atomic mass is 32.1. The van der Waals surface area contributed by atoms with Crippen molar-refractivity contribution < 1.29 is 9.53 Å². The van der Waals surface area contributed by atoms with Crippen LogP contribution in [-0.2, 0) is 17.9 Å². The number of benzene rings is 2. The van der Waals surface area contributed by atoms with E-state index in [1.807, 2.05) is 24.3 Å². The quantitative estimate of drug-likeness (QED) is 0.567. The van der Waals surface area contributed by atoms with E-state index in [9.17, 15) is 4.79 Å². The average Bonchev–Trinajstić information content (AvgIpc) is 2.89. The molecule has 1 aliphatic carbocycles. The topological polar surface area (TPSA) is 56.8 Å². The predicted molar refractivity (Wildman–Crippen MR) is 144 cm³/mol. The van der Waals surface area contributed by atoms with Gasteiger partial charge in [0.1, 0.15) is 5.75 Å². The molecule has 6 nitrogen and oxygen atoms in total. The second-order valence-electron chi connectivity index (χ2n) is 9.86. The SMILES string of the molecule is COc1ccccc1CNC(=O)CNC(=S)N1CCN(Cc2ccc(C)cc2)C2(CCCCC2)C1. The van der Waals surface area contributed by atoms with Gasteiger partial charge in [0.15, 0.2) is 5.11 Å². The molecule has 2 aromatic rings. The number of methoxy groups -OCH3 is 1. The Morgan fingerprint density at radius 3 is 2.51 bits per heavy atom. The van der Waals surface area contributed by atoms with Crippen LogP contribution in [0.1, 0.15) is 48.8 Å². The van der Waals surface area contributed by atoms with Crippen LogP contribution >= 0.6 is 12.2 Å². The fraction of sp³-hybridized carbons (Fsp3) is 0.500. The minimum atomic E-state index is -0.0800. The van der Waals surface area contributed by atoms with E-state index in [1.54, 1.807) is 7.11 Å². The van der Waals surface area contributed by atoms with Gasteiger partial charge in [-0.05, 0) is 43.6 Å². The molecule has 7 heteroatoms. The van der Waals surface area contributed by atoms with Crippen molar-refractivity contribution in [2.75, 3.05) is 33.3 Å². The number of aryl methyl sites for hydroxylation is 1. The zero-order chi connectivity index (χ0) is 24.7. The van der Waals surface area contributed by atoms with Crippen LogP contribution in [0.3, 0.4) is 0 Å². The Kier molecular flexibility index (Phi) is 8.63. The van der Waals surface area contributed by atoms with Gasteiger partial charge in [-0.15, -0.1) is 0 Å². The summed E-state index contributed by atoms with van der Waals surface area (Å²) in [6.07, 6.45) is 6.26. The summed E-state index contributed by atoms with van der Waals surface area (Å²) in [6.45, 7) is 6.51. The molecule has 0 unspecified atom stereocenters. The maximum atomic E-state index is 12.5. The molecule has 1 amide bonds. The van der Waals surface area contributed by atoms with Gasteiger partial charge in [0.25, 0.3) is 0 Å². The highest BCUT2D eigenvalue weighted by Gasteiger charge is 2.42. The number of amides is 1. The second kappa shape index (κ2) is 11.9. The third-order valence-electron chi connectivity index (χ3n) is 7.43. The largest absolute Gasteiger partial charge is 0.496 e. The lowest BCUT2D eigenvalue weighted by Crippen LogP contribution is -2.64. The summed E-state index contributed by atoms with van der Waals surface area (Å²) in [5.41, 5.74) is 3.78. The molecule has 188 valence electrons. The van der Waals surface area contributed by atoms with Crippen molar-refractivity contribution in [1.82, 2.24) is 20.4 Å². The van der Waals surface area contributed by atoms with E-state index in [2.05, 4.69) is 51.6 Å². The van der Waals surface area contributed by atoms with Crippen LogP contribution in [0.5, 0.6) is 5.75 Å². The molecule has 0 bridgehead atoms. The molecule has 1 saturated heterocycles. The van der Waals surface area contributed by atoms with Crippen molar-refractivity contribution in [3.05, 3.63) is 65.2 Å². The zero-order valence-corrected chi connectivity index (χ0v) is 21.8.